The lowest BCUT2D eigenvalue weighted by molar-refractivity contribution is -0.228. The second kappa shape index (κ2) is 7.21. The number of methoxy groups -OCH3 is 2. The molecule has 4 aliphatic rings. The quantitative estimate of drug-likeness (QED) is 0.541. The van der Waals surface area contributed by atoms with Gasteiger partial charge in [-0.2, -0.15) is 0 Å². The SMILES string of the molecule is CC[C@@]12C=CCN3CC[C@]4(c5ccc(OC)cc5N(C)[C@@H]4C(O)(C(=O)OC)C1OC(C)=O)[C@H]32. The van der Waals surface area contributed by atoms with Gasteiger partial charge in [-0.05, 0) is 31.0 Å². The zero-order valence-electron chi connectivity index (χ0n) is 19.8. The summed E-state index contributed by atoms with van der Waals surface area (Å²) in [6, 6.07) is 5.22. The minimum absolute atomic E-state index is 0.0589. The van der Waals surface area contributed by atoms with Gasteiger partial charge < -0.3 is 24.2 Å². The van der Waals surface area contributed by atoms with Crippen LogP contribution in [0.5, 0.6) is 5.75 Å². The van der Waals surface area contributed by atoms with Gasteiger partial charge in [0.1, 0.15) is 5.75 Å². The number of benzene rings is 1. The summed E-state index contributed by atoms with van der Waals surface area (Å²) in [4.78, 5) is 30.2. The van der Waals surface area contributed by atoms with Gasteiger partial charge in [0, 0.05) is 49.1 Å². The van der Waals surface area contributed by atoms with Crippen molar-refractivity contribution in [1.29, 1.82) is 0 Å². The van der Waals surface area contributed by atoms with E-state index in [2.05, 4.69) is 23.1 Å². The average Bonchev–Trinajstić information content (AvgIpc) is 3.32. The van der Waals surface area contributed by atoms with Gasteiger partial charge in [0.15, 0.2) is 6.10 Å². The molecule has 33 heavy (non-hydrogen) atoms. The second-order valence-electron chi connectivity index (χ2n) is 9.76. The van der Waals surface area contributed by atoms with Crippen LogP contribution in [0, 0.1) is 5.41 Å². The summed E-state index contributed by atoms with van der Waals surface area (Å²) in [6.45, 7) is 4.94. The van der Waals surface area contributed by atoms with Crippen LogP contribution >= 0.6 is 0 Å². The van der Waals surface area contributed by atoms with Crippen LogP contribution < -0.4 is 9.64 Å². The number of aliphatic hydroxyl groups is 1. The summed E-state index contributed by atoms with van der Waals surface area (Å²) in [5, 5.41) is 12.5. The number of anilines is 1. The number of hydrogen-bond acceptors (Lipinski definition) is 8. The van der Waals surface area contributed by atoms with E-state index in [4.69, 9.17) is 14.2 Å². The van der Waals surface area contributed by atoms with Gasteiger partial charge in [0.2, 0.25) is 5.60 Å². The molecular weight excluding hydrogens is 424 g/mol. The van der Waals surface area contributed by atoms with Crippen LogP contribution in [0.15, 0.2) is 30.4 Å². The molecule has 0 radical (unpaired) electrons. The van der Waals surface area contributed by atoms with Gasteiger partial charge in [0.25, 0.3) is 0 Å². The van der Waals surface area contributed by atoms with Crippen molar-refractivity contribution in [3.63, 3.8) is 0 Å². The number of carbonyl (C=O) groups is 2. The molecule has 0 bridgehead atoms. The van der Waals surface area contributed by atoms with Crippen LogP contribution in [0.3, 0.4) is 0 Å². The summed E-state index contributed by atoms with van der Waals surface area (Å²) in [5.41, 5.74) is -1.41. The van der Waals surface area contributed by atoms with Crippen molar-refractivity contribution in [3.05, 3.63) is 35.9 Å². The first-order chi connectivity index (χ1) is 15.7. The highest BCUT2D eigenvalue weighted by atomic mass is 16.6. The Morgan fingerprint density at radius 2 is 2.00 bits per heavy atom. The molecule has 178 valence electrons. The third kappa shape index (κ3) is 2.48. The summed E-state index contributed by atoms with van der Waals surface area (Å²) < 4.78 is 16.6. The van der Waals surface area contributed by atoms with Gasteiger partial charge in [-0.3, -0.25) is 9.69 Å². The molecule has 3 aliphatic heterocycles. The lowest BCUT2D eigenvalue weighted by Crippen LogP contribution is -2.81. The van der Waals surface area contributed by atoms with Crippen LogP contribution in [-0.2, 0) is 24.5 Å². The van der Waals surface area contributed by atoms with Gasteiger partial charge in [-0.25, -0.2) is 4.79 Å². The fourth-order valence-electron chi connectivity index (χ4n) is 7.68. The smallest absolute Gasteiger partial charge is 0.344 e. The van der Waals surface area contributed by atoms with Crippen LogP contribution in [0.25, 0.3) is 0 Å². The predicted molar refractivity (Wildman–Crippen MR) is 121 cm³/mol. The standard InChI is InChI=1S/C25H32N2O6/c1-6-23-10-7-12-27-13-11-24(19(23)27)17-9-8-16(31-4)14-18(17)26(3)20(24)25(30,22(29)32-5)21(23)33-15(2)28/h7-10,14,19-21,30H,6,11-13H2,1-5H3/t19-,20+,21?,23+,24+,25?/m1/s1. The van der Waals surface area contributed by atoms with E-state index in [-0.39, 0.29) is 6.04 Å². The molecule has 1 saturated carbocycles. The number of fused-ring (bicyclic) bond motifs is 1. The normalized spacial score (nSPS) is 38.4. The molecule has 2 fully saturated rings. The monoisotopic (exact) mass is 456 g/mol. The highest BCUT2D eigenvalue weighted by molar-refractivity contribution is 5.87. The van der Waals surface area contributed by atoms with Crippen molar-refractivity contribution in [1.82, 2.24) is 4.90 Å². The molecule has 1 N–H and O–H groups in total. The van der Waals surface area contributed by atoms with E-state index < -0.39 is 40.5 Å². The highest BCUT2D eigenvalue weighted by Gasteiger charge is 2.80. The topological polar surface area (TPSA) is 88.5 Å². The first-order valence-electron chi connectivity index (χ1n) is 11.5. The van der Waals surface area contributed by atoms with Crippen molar-refractivity contribution in [2.75, 3.05) is 39.3 Å². The van der Waals surface area contributed by atoms with E-state index in [1.54, 1.807) is 7.11 Å². The zero-order valence-corrected chi connectivity index (χ0v) is 19.8. The lowest BCUT2D eigenvalue weighted by atomic mass is 9.47. The van der Waals surface area contributed by atoms with E-state index in [9.17, 15) is 14.7 Å². The first-order valence-corrected chi connectivity index (χ1v) is 11.5. The third-order valence-electron chi connectivity index (χ3n) is 8.62. The largest absolute Gasteiger partial charge is 0.497 e. The Balaban J connectivity index is 1.86. The molecule has 8 nitrogen and oxygen atoms in total. The molecule has 1 aliphatic carbocycles. The molecular formula is C25H32N2O6. The summed E-state index contributed by atoms with van der Waals surface area (Å²) in [7, 11) is 4.77. The van der Waals surface area contributed by atoms with Crippen LogP contribution in [0.2, 0.25) is 0 Å². The van der Waals surface area contributed by atoms with Crippen molar-refractivity contribution in [3.8, 4) is 5.75 Å². The van der Waals surface area contributed by atoms with E-state index in [1.165, 1.54) is 14.0 Å². The molecule has 1 aromatic rings. The summed E-state index contributed by atoms with van der Waals surface area (Å²) in [5.74, 6) is -0.617. The number of carbonyl (C=O) groups excluding carboxylic acids is 2. The maximum absolute atomic E-state index is 13.5. The Bertz CT molecular complexity index is 1040. The molecule has 3 heterocycles. The molecule has 6 atom stereocenters. The van der Waals surface area contributed by atoms with Crippen LogP contribution in [-0.4, -0.2) is 80.1 Å². The summed E-state index contributed by atoms with van der Waals surface area (Å²) in [6.07, 6.45) is 4.40. The first kappa shape index (κ1) is 22.2. The van der Waals surface area contributed by atoms with E-state index in [0.29, 0.717) is 12.2 Å². The molecule has 0 amide bonds. The Morgan fingerprint density at radius 1 is 1.24 bits per heavy atom. The Labute approximate surface area is 194 Å². The Hall–Kier alpha value is -2.58. The zero-order chi connectivity index (χ0) is 23.8. The third-order valence-corrected chi connectivity index (χ3v) is 8.62. The van der Waals surface area contributed by atoms with Gasteiger partial charge in [0.05, 0.1) is 20.3 Å². The number of ether oxygens (including phenoxy) is 3. The van der Waals surface area contributed by atoms with Crippen molar-refractivity contribution in [2.45, 2.75) is 55.9 Å². The molecule has 2 unspecified atom stereocenters. The fourth-order valence-corrected chi connectivity index (χ4v) is 7.68. The fraction of sp³-hybridized carbons (Fsp3) is 0.600. The number of likely N-dealkylation sites (N-methyl/N-ethyl adjacent to an activating group) is 1. The molecule has 1 saturated heterocycles. The average molecular weight is 457 g/mol. The van der Waals surface area contributed by atoms with E-state index >= 15 is 0 Å². The van der Waals surface area contributed by atoms with E-state index in [1.807, 2.05) is 31.0 Å². The maximum atomic E-state index is 13.5. The molecule has 1 spiro atoms. The number of hydrogen-bond donors (Lipinski definition) is 1. The minimum atomic E-state index is -2.08. The number of esters is 2. The van der Waals surface area contributed by atoms with Gasteiger partial charge in [-0.15, -0.1) is 0 Å². The molecule has 0 aromatic heterocycles. The molecule has 1 aromatic carbocycles. The molecule has 8 heteroatoms. The second-order valence-corrected chi connectivity index (χ2v) is 9.76. The minimum Gasteiger partial charge on any atom is -0.497 e. The molecule has 5 rings (SSSR count). The van der Waals surface area contributed by atoms with Gasteiger partial charge in [-0.1, -0.05) is 25.1 Å². The van der Waals surface area contributed by atoms with Crippen LogP contribution in [0.4, 0.5) is 5.69 Å². The summed E-state index contributed by atoms with van der Waals surface area (Å²) >= 11 is 0. The number of nitrogens with zero attached hydrogens (tertiary/aromatic N) is 2. The van der Waals surface area contributed by atoms with E-state index in [0.717, 1.165) is 30.8 Å². The van der Waals surface area contributed by atoms with Crippen molar-refractivity contribution < 1.29 is 28.9 Å². The highest BCUT2D eigenvalue weighted by Crippen LogP contribution is 2.67. The Kier molecular flexibility index (Phi) is 4.85. The number of rotatable bonds is 4. The van der Waals surface area contributed by atoms with Crippen molar-refractivity contribution in [2.24, 2.45) is 5.41 Å². The maximum Gasteiger partial charge on any atom is 0.344 e. The Morgan fingerprint density at radius 3 is 2.64 bits per heavy atom. The van der Waals surface area contributed by atoms with Gasteiger partial charge >= 0.3 is 11.9 Å². The van der Waals surface area contributed by atoms with Crippen molar-refractivity contribution >= 4 is 17.6 Å². The van der Waals surface area contributed by atoms with Crippen LogP contribution in [0.1, 0.15) is 32.3 Å². The lowest BCUT2D eigenvalue weighted by Gasteiger charge is -2.63. The predicted octanol–water partition coefficient (Wildman–Crippen LogP) is 1.64.